The Morgan fingerprint density at radius 1 is 1.04 bits per heavy atom. The van der Waals surface area contributed by atoms with E-state index in [9.17, 15) is 13.2 Å². The van der Waals surface area contributed by atoms with Crippen LogP contribution in [0.2, 0.25) is 0 Å². The molecule has 1 amide bonds. The summed E-state index contributed by atoms with van der Waals surface area (Å²) in [4.78, 5) is 12.4. The van der Waals surface area contributed by atoms with Gasteiger partial charge in [-0.25, -0.2) is 8.42 Å². The summed E-state index contributed by atoms with van der Waals surface area (Å²) < 4.78 is 35.7. The van der Waals surface area contributed by atoms with Crippen molar-refractivity contribution in [1.29, 1.82) is 0 Å². The van der Waals surface area contributed by atoms with Gasteiger partial charge in [0.15, 0.2) is 0 Å². The Kier molecular flexibility index (Phi) is 5.67. The van der Waals surface area contributed by atoms with Crippen molar-refractivity contribution in [3.05, 3.63) is 48.5 Å². The third-order valence-electron chi connectivity index (χ3n) is 4.35. The zero-order valence-corrected chi connectivity index (χ0v) is 16.0. The Labute approximate surface area is 158 Å². The molecule has 2 aromatic carbocycles. The van der Waals surface area contributed by atoms with Crippen LogP contribution in [0.1, 0.15) is 12.8 Å². The summed E-state index contributed by atoms with van der Waals surface area (Å²) in [6.45, 7) is 0.381. The second-order valence-electron chi connectivity index (χ2n) is 6.32. The smallest absolute Gasteiger partial charge is 0.242 e. The van der Waals surface area contributed by atoms with Crippen LogP contribution in [0.25, 0.3) is 0 Å². The predicted molar refractivity (Wildman–Crippen MR) is 103 cm³/mol. The maximum Gasteiger partial charge on any atom is 0.242 e. The van der Waals surface area contributed by atoms with Crippen molar-refractivity contribution in [1.82, 2.24) is 4.31 Å². The number of ether oxygens (including phenoxy) is 2. The lowest BCUT2D eigenvalue weighted by Crippen LogP contribution is -2.42. The number of nitrogens with zero attached hydrogens (tertiary/aromatic N) is 1. The van der Waals surface area contributed by atoms with Gasteiger partial charge in [-0.1, -0.05) is 0 Å². The van der Waals surface area contributed by atoms with Crippen LogP contribution in [0.4, 0.5) is 5.69 Å². The highest BCUT2D eigenvalue weighted by Gasteiger charge is 2.36. The molecule has 0 aliphatic carbocycles. The van der Waals surface area contributed by atoms with Gasteiger partial charge in [0.1, 0.15) is 23.3 Å². The third-order valence-corrected chi connectivity index (χ3v) is 5.64. The molecule has 0 saturated carbocycles. The summed E-state index contributed by atoms with van der Waals surface area (Å²) in [5, 5.41) is 2.77. The van der Waals surface area contributed by atoms with Gasteiger partial charge in [-0.2, -0.15) is 4.31 Å². The van der Waals surface area contributed by atoms with Crippen molar-refractivity contribution in [3.63, 3.8) is 0 Å². The maximum absolute atomic E-state index is 12.4. The fraction of sp³-hybridized carbons (Fsp3) is 0.316. The highest BCUT2D eigenvalue weighted by Crippen LogP contribution is 2.26. The fourth-order valence-electron chi connectivity index (χ4n) is 3.01. The van der Waals surface area contributed by atoms with Crippen molar-refractivity contribution in [2.24, 2.45) is 0 Å². The number of methoxy groups -OCH3 is 1. The van der Waals surface area contributed by atoms with Gasteiger partial charge in [-0.3, -0.25) is 4.79 Å². The SMILES string of the molecule is COc1ccc(Oc2ccc(NC(=O)[C@@H]3CCCN3S(C)(=O)=O)cc2)cc1. The molecular weight excluding hydrogens is 368 g/mol. The molecule has 1 aliphatic rings. The minimum atomic E-state index is -3.39. The molecule has 2 aromatic rings. The largest absolute Gasteiger partial charge is 0.497 e. The molecule has 1 aliphatic heterocycles. The number of benzene rings is 2. The average molecular weight is 390 g/mol. The van der Waals surface area contributed by atoms with E-state index in [1.807, 2.05) is 0 Å². The molecule has 0 spiro atoms. The summed E-state index contributed by atoms with van der Waals surface area (Å²) in [6, 6.07) is 13.5. The number of carbonyl (C=O) groups is 1. The standard InChI is InChI=1S/C19H22N2O5S/c1-25-15-9-11-17(12-10-15)26-16-7-5-14(6-8-16)20-19(22)18-4-3-13-21(18)27(2,23)24/h5-12,18H,3-4,13H2,1-2H3,(H,20,22)/t18-/m0/s1. The summed E-state index contributed by atoms with van der Waals surface area (Å²) in [6.07, 6.45) is 2.33. The fourth-order valence-corrected chi connectivity index (χ4v) is 4.14. The zero-order chi connectivity index (χ0) is 19.4. The molecular formula is C19H22N2O5S. The van der Waals surface area contributed by atoms with Gasteiger partial charge in [0.25, 0.3) is 0 Å². The first-order valence-corrected chi connectivity index (χ1v) is 10.4. The molecule has 1 atom stereocenters. The highest BCUT2D eigenvalue weighted by atomic mass is 32.2. The summed E-state index contributed by atoms with van der Waals surface area (Å²) in [7, 11) is -1.79. The number of carbonyl (C=O) groups excluding carboxylic acids is 1. The van der Waals surface area contributed by atoms with E-state index in [0.717, 1.165) is 12.0 Å². The Morgan fingerprint density at radius 3 is 2.15 bits per heavy atom. The maximum atomic E-state index is 12.4. The Balaban J connectivity index is 1.62. The van der Waals surface area contributed by atoms with E-state index in [2.05, 4.69) is 5.32 Å². The minimum Gasteiger partial charge on any atom is -0.497 e. The van der Waals surface area contributed by atoms with Crippen LogP contribution in [-0.4, -0.2) is 44.6 Å². The lowest BCUT2D eigenvalue weighted by Gasteiger charge is -2.21. The molecule has 0 radical (unpaired) electrons. The van der Waals surface area contributed by atoms with Gasteiger partial charge in [-0.15, -0.1) is 0 Å². The molecule has 7 nitrogen and oxygen atoms in total. The lowest BCUT2D eigenvalue weighted by molar-refractivity contribution is -0.119. The molecule has 144 valence electrons. The van der Waals surface area contributed by atoms with Crippen molar-refractivity contribution in [3.8, 4) is 17.2 Å². The lowest BCUT2D eigenvalue weighted by atomic mass is 10.2. The van der Waals surface area contributed by atoms with Gasteiger partial charge in [0, 0.05) is 12.2 Å². The molecule has 1 saturated heterocycles. The van der Waals surface area contributed by atoms with Gasteiger partial charge in [0.05, 0.1) is 13.4 Å². The average Bonchev–Trinajstić information content (AvgIpc) is 3.14. The molecule has 27 heavy (non-hydrogen) atoms. The van der Waals surface area contributed by atoms with E-state index >= 15 is 0 Å². The molecule has 0 bridgehead atoms. The van der Waals surface area contributed by atoms with Gasteiger partial charge in [-0.05, 0) is 61.4 Å². The number of rotatable bonds is 6. The van der Waals surface area contributed by atoms with E-state index in [0.29, 0.717) is 36.6 Å². The summed E-state index contributed by atoms with van der Waals surface area (Å²) in [5.74, 6) is 1.72. The second-order valence-corrected chi connectivity index (χ2v) is 8.26. The van der Waals surface area contributed by atoms with Gasteiger partial charge >= 0.3 is 0 Å². The van der Waals surface area contributed by atoms with Crippen LogP contribution in [0.15, 0.2) is 48.5 Å². The van der Waals surface area contributed by atoms with Crippen LogP contribution >= 0.6 is 0 Å². The van der Waals surface area contributed by atoms with E-state index in [1.165, 1.54) is 4.31 Å². The molecule has 1 N–H and O–H groups in total. The topological polar surface area (TPSA) is 84.9 Å². The Bertz CT molecular complexity index is 895. The summed E-state index contributed by atoms with van der Waals surface area (Å²) in [5.41, 5.74) is 0.586. The van der Waals surface area contributed by atoms with Crippen LogP contribution in [0.5, 0.6) is 17.2 Å². The zero-order valence-electron chi connectivity index (χ0n) is 15.2. The third kappa shape index (κ3) is 4.78. The molecule has 0 aromatic heterocycles. The Hall–Kier alpha value is -2.58. The number of sulfonamides is 1. The first-order chi connectivity index (χ1) is 12.9. The van der Waals surface area contributed by atoms with Crippen LogP contribution in [0, 0.1) is 0 Å². The van der Waals surface area contributed by atoms with E-state index in [4.69, 9.17) is 9.47 Å². The number of hydrogen-bond acceptors (Lipinski definition) is 5. The minimum absolute atomic E-state index is 0.318. The molecule has 1 heterocycles. The van der Waals surface area contributed by atoms with Crippen LogP contribution in [-0.2, 0) is 14.8 Å². The van der Waals surface area contributed by atoms with Gasteiger partial charge < -0.3 is 14.8 Å². The number of amides is 1. The van der Waals surface area contributed by atoms with Crippen molar-refractivity contribution in [2.45, 2.75) is 18.9 Å². The normalized spacial score (nSPS) is 17.5. The molecule has 8 heteroatoms. The molecule has 0 unspecified atom stereocenters. The first-order valence-electron chi connectivity index (χ1n) is 8.56. The number of hydrogen-bond donors (Lipinski definition) is 1. The first kappa shape index (κ1) is 19.2. The van der Waals surface area contributed by atoms with Crippen LogP contribution in [0.3, 0.4) is 0 Å². The van der Waals surface area contributed by atoms with Crippen molar-refractivity contribution in [2.75, 3.05) is 25.2 Å². The van der Waals surface area contributed by atoms with E-state index in [1.54, 1.807) is 55.6 Å². The van der Waals surface area contributed by atoms with E-state index in [-0.39, 0.29) is 5.91 Å². The number of anilines is 1. The van der Waals surface area contributed by atoms with Gasteiger partial charge in [0.2, 0.25) is 15.9 Å². The van der Waals surface area contributed by atoms with Crippen molar-refractivity contribution < 1.29 is 22.7 Å². The quantitative estimate of drug-likeness (QED) is 0.820. The highest BCUT2D eigenvalue weighted by molar-refractivity contribution is 7.88. The monoisotopic (exact) mass is 390 g/mol. The predicted octanol–water partition coefficient (Wildman–Crippen LogP) is 2.85. The molecule has 3 rings (SSSR count). The van der Waals surface area contributed by atoms with Crippen molar-refractivity contribution >= 4 is 21.6 Å². The Morgan fingerprint density at radius 2 is 1.59 bits per heavy atom. The van der Waals surface area contributed by atoms with Crippen LogP contribution < -0.4 is 14.8 Å². The van der Waals surface area contributed by atoms with E-state index < -0.39 is 16.1 Å². The molecule has 1 fully saturated rings. The summed E-state index contributed by atoms with van der Waals surface area (Å²) >= 11 is 0. The number of nitrogens with one attached hydrogen (secondary N) is 1. The second kappa shape index (κ2) is 7.98.